The molecule has 0 amide bonds. The molecule has 0 radical (unpaired) electrons. The van der Waals surface area contributed by atoms with E-state index in [4.69, 9.17) is 9.72 Å². The summed E-state index contributed by atoms with van der Waals surface area (Å²) in [7, 11) is 0. The summed E-state index contributed by atoms with van der Waals surface area (Å²) >= 11 is 0. The molecular weight excluding hydrogens is 266 g/mol. The molecule has 2 saturated heterocycles. The van der Waals surface area contributed by atoms with Gasteiger partial charge in [-0.25, -0.2) is 4.98 Å². The van der Waals surface area contributed by atoms with Gasteiger partial charge in [0, 0.05) is 32.2 Å². The van der Waals surface area contributed by atoms with Crippen molar-refractivity contribution in [1.29, 1.82) is 0 Å². The molecule has 1 aromatic heterocycles. The van der Waals surface area contributed by atoms with Gasteiger partial charge in [-0.3, -0.25) is 4.90 Å². The van der Waals surface area contributed by atoms with Crippen LogP contribution in [0, 0.1) is 0 Å². The normalized spacial score (nSPS) is 23.7. The van der Waals surface area contributed by atoms with E-state index in [0.29, 0.717) is 6.04 Å². The Morgan fingerprint density at radius 2 is 1.81 bits per heavy atom. The smallest absolute Gasteiger partial charge is 0.245 e. The van der Waals surface area contributed by atoms with Crippen molar-refractivity contribution in [1.82, 2.24) is 20.1 Å². The van der Waals surface area contributed by atoms with E-state index in [1.165, 1.54) is 6.42 Å². The molecular formula is C15H25N5O. The van der Waals surface area contributed by atoms with Crippen molar-refractivity contribution in [3.63, 3.8) is 0 Å². The summed E-state index contributed by atoms with van der Waals surface area (Å²) in [6.07, 6.45) is 3.01. The zero-order valence-corrected chi connectivity index (χ0v) is 13.1. The van der Waals surface area contributed by atoms with Gasteiger partial charge in [0.25, 0.3) is 0 Å². The largest absolute Gasteiger partial charge is 0.379 e. The highest BCUT2D eigenvalue weighted by Gasteiger charge is 2.30. The molecule has 0 bridgehead atoms. The molecule has 2 aliphatic heterocycles. The van der Waals surface area contributed by atoms with Crippen LogP contribution in [0.3, 0.4) is 0 Å². The molecule has 0 aliphatic carbocycles. The highest BCUT2D eigenvalue weighted by molar-refractivity contribution is 5.32. The van der Waals surface area contributed by atoms with E-state index < -0.39 is 0 Å². The Kier molecular flexibility index (Phi) is 4.65. The number of morpholine rings is 1. The zero-order chi connectivity index (χ0) is 14.7. The average Bonchev–Trinajstić information content (AvgIpc) is 3.05. The van der Waals surface area contributed by atoms with Crippen molar-refractivity contribution in [3.05, 3.63) is 11.4 Å². The molecule has 116 valence electrons. The first-order valence-electron chi connectivity index (χ1n) is 8.11. The number of anilines is 1. The Morgan fingerprint density at radius 1 is 1.05 bits per heavy atom. The topological polar surface area (TPSA) is 54.4 Å². The Balaban J connectivity index is 1.68. The first kappa shape index (κ1) is 14.7. The van der Waals surface area contributed by atoms with E-state index in [1.54, 1.807) is 0 Å². The maximum absolute atomic E-state index is 5.44. The highest BCUT2D eigenvalue weighted by Crippen LogP contribution is 2.21. The lowest BCUT2D eigenvalue weighted by Crippen LogP contribution is -2.44. The molecule has 0 aromatic carbocycles. The third-order valence-corrected chi connectivity index (χ3v) is 4.51. The summed E-state index contributed by atoms with van der Waals surface area (Å²) in [6.45, 7) is 10.1. The maximum atomic E-state index is 5.44. The predicted octanol–water partition coefficient (Wildman–Crippen LogP) is 0.907. The lowest BCUT2D eigenvalue weighted by atomic mass is 10.2. The lowest BCUT2D eigenvalue weighted by molar-refractivity contribution is 0.0209. The molecule has 6 heteroatoms. The molecule has 2 fully saturated rings. The summed E-state index contributed by atoms with van der Waals surface area (Å²) in [4.78, 5) is 9.56. The van der Waals surface area contributed by atoms with Crippen molar-refractivity contribution in [2.45, 2.75) is 39.2 Å². The van der Waals surface area contributed by atoms with Gasteiger partial charge in [-0.1, -0.05) is 13.8 Å². The van der Waals surface area contributed by atoms with Gasteiger partial charge >= 0.3 is 0 Å². The number of aromatic nitrogens is 3. The predicted molar refractivity (Wildman–Crippen MR) is 81.6 cm³/mol. The molecule has 21 heavy (non-hydrogen) atoms. The Hall–Kier alpha value is -1.27. The van der Waals surface area contributed by atoms with Crippen molar-refractivity contribution in [3.8, 4) is 0 Å². The van der Waals surface area contributed by atoms with Crippen LogP contribution >= 0.6 is 0 Å². The second-order valence-corrected chi connectivity index (χ2v) is 5.75. The van der Waals surface area contributed by atoms with Gasteiger partial charge in [-0.05, 0) is 19.3 Å². The van der Waals surface area contributed by atoms with Crippen molar-refractivity contribution in [2.75, 3.05) is 44.3 Å². The molecule has 3 heterocycles. The molecule has 2 aliphatic rings. The van der Waals surface area contributed by atoms with E-state index in [2.05, 4.69) is 33.8 Å². The van der Waals surface area contributed by atoms with Gasteiger partial charge in [0.2, 0.25) is 5.95 Å². The molecule has 0 spiro atoms. The molecule has 1 unspecified atom stereocenters. The maximum Gasteiger partial charge on any atom is 0.245 e. The van der Waals surface area contributed by atoms with Gasteiger partial charge in [0.05, 0.1) is 24.6 Å². The Bertz CT molecular complexity index is 475. The number of rotatable bonds is 4. The average molecular weight is 291 g/mol. The number of aryl methyl sites for hydroxylation is 2. The number of hydrogen-bond donors (Lipinski definition) is 0. The van der Waals surface area contributed by atoms with E-state index in [1.807, 2.05) is 0 Å². The summed E-state index contributed by atoms with van der Waals surface area (Å²) < 4.78 is 5.44. The van der Waals surface area contributed by atoms with Gasteiger partial charge < -0.3 is 9.64 Å². The SMILES string of the molecule is CCc1nnc(N2CCC(N3CCOCC3)C2)nc1CC. The number of ether oxygens (including phenoxy) is 1. The molecule has 0 N–H and O–H groups in total. The first-order chi connectivity index (χ1) is 10.3. The third kappa shape index (κ3) is 3.16. The van der Waals surface area contributed by atoms with Crippen LogP contribution in [-0.4, -0.2) is 65.5 Å². The summed E-state index contributed by atoms with van der Waals surface area (Å²) in [5.41, 5.74) is 2.13. The molecule has 0 saturated carbocycles. The second kappa shape index (κ2) is 6.66. The van der Waals surface area contributed by atoms with Crippen LogP contribution in [0.25, 0.3) is 0 Å². The molecule has 1 aromatic rings. The van der Waals surface area contributed by atoms with E-state index >= 15 is 0 Å². The second-order valence-electron chi connectivity index (χ2n) is 5.75. The minimum absolute atomic E-state index is 0.605. The minimum atomic E-state index is 0.605. The summed E-state index contributed by atoms with van der Waals surface area (Å²) in [5, 5.41) is 8.70. The fraction of sp³-hybridized carbons (Fsp3) is 0.800. The Labute approximate surface area is 126 Å². The summed E-state index contributed by atoms with van der Waals surface area (Å²) in [5.74, 6) is 0.805. The van der Waals surface area contributed by atoms with E-state index in [0.717, 1.165) is 69.6 Å². The first-order valence-corrected chi connectivity index (χ1v) is 8.11. The van der Waals surface area contributed by atoms with Gasteiger partial charge in [0.15, 0.2) is 0 Å². The fourth-order valence-corrected chi connectivity index (χ4v) is 3.23. The van der Waals surface area contributed by atoms with Crippen LogP contribution in [0.2, 0.25) is 0 Å². The monoisotopic (exact) mass is 291 g/mol. The van der Waals surface area contributed by atoms with Crippen LogP contribution in [0.15, 0.2) is 0 Å². The standard InChI is InChI=1S/C15H25N5O/c1-3-13-14(4-2)17-18-15(16-13)20-6-5-12(11-20)19-7-9-21-10-8-19/h12H,3-11H2,1-2H3. The molecule has 6 nitrogen and oxygen atoms in total. The van der Waals surface area contributed by atoms with E-state index in [-0.39, 0.29) is 0 Å². The highest BCUT2D eigenvalue weighted by atomic mass is 16.5. The van der Waals surface area contributed by atoms with Crippen molar-refractivity contribution in [2.24, 2.45) is 0 Å². The van der Waals surface area contributed by atoms with Crippen LogP contribution in [0.4, 0.5) is 5.95 Å². The van der Waals surface area contributed by atoms with Crippen LogP contribution in [0.5, 0.6) is 0 Å². The number of nitrogens with zero attached hydrogens (tertiary/aromatic N) is 5. The van der Waals surface area contributed by atoms with Gasteiger partial charge in [-0.2, -0.15) is 5.10 Å². The third-order valence-electron chi connectivity index (χ3n) is 4.51. The molecule has 3 rings (SSSR count). The Morgan fingerprint density at radius 3 is 2.52 bits per heavy atom. The minimum Gasteiger partial charge on any atom is -0.379 e. The van der Waals surface area contributed by atoms with Crippen molar-refractivity contribution < 1.29 is 4.74 Å². The van der Waals surface area contributed by atoms with E-state index in [9.17, 15) is 0 Å². The molecule has 1 atom stereocenters. The zero-order valence-electron chi connectivity index (χ0n) is 13.1. The quantitative estimate of drug-likeness (QED) is 0.822. The van der Waals surface area contributed by atoms with Crippen LogP contribution < -0.4 is 4.90 Å². The van der Waals surface area contributed by atoms with Crippen LogP contribution in [0.1, 0.15) is 31.7 Å². The lowest BCUT2D eigenvalue weighted by Gasteiger charge is -2.32. The van der Waals surface area contributed by atoms with Crippen LogP contribution in [-0.2, 0) is 17.6 Å². The summed E-state index contributed by atoms with van der Waals surface area (Å²) in [6, 6.07) is 0.605. The fourth-order valence-electron chi connectivity index (χ4n) is 3.23. The van der Waals surface area contributed by atoms with Gasteiger partial charge in [0.1, 0.15) is 0 Å². The van der Waals surface area contributed by atoms with Crippen molar-refractivity contribution >= 4 is 5.95 Å². The number of hydrogen-bond acceptors (Lipinski definition) is 6. The van der Waals surface area contributed by atoms with Gasteiger partial charge in [-0.15, -0.1) is 5.10 Å².